The highest BCUT2D eigenvalue weighted by molar-refractivity contribution is 6.30. The van der Waals surface area contributed by atoms with Crippen LogP contribution in [-0.4, -0.2) is 4.98 Å². The largest absolute Gasteiger partial charge is 0.489 e. The van der Waals surface area contributed by atoms with Gasteiger partial charge in [-0.3, -0.25) is 4.98 Å². The summed E-state index contributed by atoms with van der Waals surface area (Å²) in [5, 5.41) is 0.652. The lowest BCUT2D eigenvalue weighted by atomic mass is 9.85. The van der Waals surface area contributed by atoms with Crippen LogP contribution in [0.3, 0.4) is 0 Å². The third-order valence-electron chi connectivity index (χ3n) is 6.15. The summed E-state index contributed by atoms with van der Waals surface area (Å²) in [6.07, 6.45) is 4.99. The third kappa shape index (κ3) is 6.79. The van der Waals surface area contributed by atoms with Crippen LogP contribution in [0.5, 0.6) is 0 Å². The molecule has 1 fully saturated rings. The van der Waals surface area contributed by atoms with E-state index in [1.165, 1.54) is 11.6 Å². The van der Waals surface area contributed by atoms with Crippen LogP contribution >= 0.6 is 11.6 Å². The second kappa shape index (κ2) is 11.3. The van der Waals surface area contributed by atoms with E-state index < -0.39 is 11.7 Å². The van der Waals surface area contributed by atoms with Gasteiger partial charge in [0.2, 0.25) is 0 Å². The lowest BCUT2D eigenvalue weighted by molar-refractivity contribution is -0.137. The zero-order chi connectivity index (χ0) is 25.7. The third-order valence-corrected chi connectivity index (χ3v) is 6.37. The van der Waals surface area contributed by atoms with Gasteiger partial charge in [0.05, 0.1) is 5.56 Å². The van der Waals surface area contributed by atoms with Gasteiger partial charge >= 0.3 is 6.18 Å². The van der Waals surface area contributed by atoms with Crippen molar-refractivity contribution in [3.8, 4) is 0 Å². The molecule has 1 aliphatic carbocycles. The summed E-state index contributed by atoms with van der Waals surface area (Å²) in [5.41, 5.74) is 5.07. The summed E-state index contributed by atoms with van der Waals surface area (Å²) in [5.74, 6) is 0.792. The first kappa shape index (κ1) is 26.0. The van der Waals surface area contributed by atoms with E-state index in [1.807, 2.05) is 31.3 Å². The molecule has 2 nitrogen and oxygen atoms in total. The summed E-state index contributed by atoms with van der Waals surface area (Å²) in [6, 6.07) is 15.2. The average molecular weight is 512 g/mol. The van der Waals surface area contributed by atoms with Crippen LogP contribution in [0.2, 0.25) is 5.02 Å². The van der Waals surface area contributed by atoms with E-state index in [9.17, 15) is 13.2 Å². The van der Waals surface area contributed by atoms with Crippen LogP contribution in [0.25, 0.3) is 6.08 Å². The number of aromatic nitrogens is 1. The second-order valence-corrected chi connectivity index (χ2v) is 9.65. The van der Waals surface area contributed by atoms with Crippen LogP contribution in [0.1, 0.15) is 66.3 Å². The maximum Gasteiger partial charge on any atom is 0.416 e. The van der Waals surface area contributed by atoms with Gasteiger partial charge < -0.3 is 4.74 Å². The predicted octanol–water partition coefficient (Wildman–Crippen LogP) is 9.29. The zero-order valence-corrected chi connectivity index (χ0v) is 21.2. The Morgan fingerprint density at radius 1 is 1.11 bits per heavy atom. The molecule has 1 aromatic heterocycles. The quantitative estimate of drug-likeness (QED) is 0.267. The molecule has 3 aromatic rings. The molecule has 36 heavy (non-hydrogen) atoms. The molecule has 0 amide bonds. The lowest BCUT2D eigenvalue weighted by Gasteiger charge is -2.24. The Bertz CT molecular complexity index is 1240. The van der Waals surface area contributed by atoms with Gasteiger partial charge in [0.25, 0.3) is 0 Å². The molecule has 6 heteroatoms. The number of nitrogens with zero attached hydrogens (tertiary/aromatic N) is 1. The Balaban J connectivity index is 1.75. The molecule has 0 bridgehead atoms. The number of hydrogen-bond donors (Lipinski definition) is 0. The maximum atomic E-state index is 13.2. The fourth-order valence-corrected chi connectivity index (χ4v) is 4.69. The predicted molar refractivity (Wildman–Crippen MR) is 139 cm³/mol. The van der Waals surface area contributed by atoms with Crippen LogP contribution in [0, 0.1) is 6.92 Å². The molecule has 1 atom stereocenters. The van der Waals surface area contributed by atoms with Crippen LogP contribution in [0.15, 0.2) is 83.9 Å². The van der Waals surface area contributed by atoms with Crippen molar-refractivity contribution >= 4 is 17.7 Å². The van der Waals surface area contributed by atoms with Crippen LogP contribution in [-0.2, 0) is 17.5 Å². The van der Waals surface area contributed by atoms with Crippen molar-refractivity contribution in [2.24, 2.45) is 0 Å². The van der Waals surface area contributed by atoms with Crippen molar-refractivity contribution in [3.63, 3.8) is 0 Å². The van der Waals surface area contributed by atoms with E-state index in [4.69, 9.17) is 16.3 Å². The number of allylic oxidation sites excluding steroid dienone is 2. The van der Waals surface area contributed by atoms with Gasteiger partial charge in [0.15, 0.2) is 0 Å². The van der Waals surface area contributed by atoms with Crippen molar-refractivity contribution in [2.75, 3.05) is 0 Å². The molecular formula is C30H29ClF3NO. The molecule has 1 aliphatic rings. The van der Waals surface area contributed by atoms with E-state index in [0.29, 0.717) is 10.6 Å². The van der Waals surface area contributed by atoms with E-state index in [-0.39, 0.29) is 12.5 Å². The Morgan fingerprint density at radius 3 is 2.56 bits per heavy atom. The molecular weight excluding hydrogens is 483 g/mol. The first-order valence-corrected chi connectivity index (χ1v) is 12.5. The van der Waals surface area contributed by atoms with Crippen LogP contribution < -0.4 is 0 Å². The number of halogens is 4. The number of ether oxygens (including phenoxy) is 1. The molecule has 4 rings (SSSR count). The van der Waals surface area contributed by atoms with Gasteiger partial charge in [0, 0.05) is 28.9 Å². The van der Waals surface area contributed by atoms with Gasteiger partial charge in [-0.25, -0.2) is 0 Å². The Labute approximate surface area is 215 Å². The number of alkyl halides is 3. The summed E-state index contributed by atoms with van der Waals surface area (Å²) >= 11 is 6.36. The molecule has 0 aliphatic heterocycles. The van der Waals surface area contributed by atoms with Gasteiger partial charge in [-0.15, -0.1) is 0 Å². The Morgan fingerprint density at radius 2 is 1.92 bits per heavy atom. The number of rotatable bonds is 9. The summed E-state index contributed by atoms with van der Waals surface area (Å²) in [4.78, 5) is 4.34. The molecule has 1 unspecified atom stereocenters. The van der Waals surface area contributed by atoms with E-state index in [2.05, 4.69) is 30.1 Å². The number of hydrogen-bond acceptors (Lipinski definition) is 2. The fourth-order valence-electron chi connectivity index (χ4n) is 4.40. The van der Waals surface area contributed by atoms with Gasteiger partial charge in [0.1, 0.15) is 12.4 Å². The molecule has 2 aromatic carbocycles. The van der Waals surface area contributed by atoms with Crippen LogP contribution in [0.4, 0.5) is 13.2 Å². The minimum absolute atomic E-state index is 0.0209. The number of benzene rings is 2. The normalized spacial score (nSPS) is 14.5. The van der Waals surface area contributed by atoms with Crippen molar-refractivity contribution in [2.45, 2.75) is 58.2 Å². The summed E-state index contributed by atoms with van der Waals surface area (Å²) in [6.45, 7) is 4.19. The molecule has 1 saturated carbocycles. The minimum Gasteiger partial charge on any atom is -0.489 e. The standard InChI is InChI=1S/C30H29ClF3NO/c1-3-6-27(24-8-5-12-35-18-24)28(17-22-13-20(2)14-26(31)16-22)29(23-10-11-23)36-19-21-7-4-9-25(15-21)30(32,33)34/h4-5,7-9,12-18,27H,3,6,10-11,19H2,1-2H3/b28-17-. The van der Waals surface area contributed by atoms with Crippen molar-refractivity contribution < 1.29 is 17.9 Å². The summed E-state index contributed by atoms with van der Waals surface area (Å²) in [7, 11) is 0. The van der Waals surface area contributed by atoms with Gasteiger partial charge in [-0.1, -0.05) is 49.2 Å². The number of aryl methyl sites for hydroxylation is 1. The fraction of sp³-hybridized carbons (Fsp3) is 0.300. The SMILES string of the molecule is CCCC(/C(=C/c1cc(C)cc(Cl)c1)C(OCc1cccc(C(F)(F)F)c1)=C1CC1)c1cccnc1. The lowest BCUT2D eigenvalue weighted by Crippen LogP contribution is -2.09. The average Bonchev–Trinajstić information content (AvgIpc) is 3.67. The monoisotopic (exact) mass is 511 g/mol. The zero-order valence-electron chi connectivity index (χ0n) is 20.4. The van der Waals surface area contributed by atoms with E-state index >= 15 is 0 Å². The molecule has 1 heterocycles. The minimum atomic E-state index is -4.39. The van der Waals surface area contributed by atoms with Gasteiger partial charge in [-0.05, 0) is 90.4 Å². The Kier molecular flexibility index (Phi) is 8.20. The highest BCUT2D eigenvalue weighted by atomic mass is 35.5. The smallest absolute Gasteiger partial charge is 0.416 e. The molecule has 0 saturated heterocycles. The number of pyridine rings is 1. The van der Waals surface area contributed by atoms with E-state index in [0.717, 1.165) is 65.8 Å². The topological polar surface area (TPSA) is 22.1 Å². The maximum absolute atomic E-state index is 13.2. The second-order valence-electron chi connectivity index (χ2n) is 9.21. The molecule has 0 N–H and O–H groups in total. The van der Waals surface area contributed by atoms with Crippen molar-refractivity contribution in [3.05, 3.63) is 117 Å². The highest BCUT2D eigenvalue weighted by Crippen LogP contribution is 2.43. The first-order chi connectivity index (χ1) is 17.2. The molecule has 188 valence electrons. The molecule has 0 radical (unpaired) electrons. The first-order valence-electron chi connectivity index (χ1n) is 12.1. The molecule has 0 spiro atoms. The Hall–Kier alpha value is -3.05. The summed E-state index contributed by atoms with van der Waals surface area (Å²) < 4.78 is 46.1. The van der Waals surface area contributed by atoms with Crippen molar-refractivity contribution in [1.82, 2.24) is 4.98 Å². The van der Waals surface area contributed by atoms with Gasteiger partial charge in [-0.2, -0.15) is 13.2 Å². The van der Waals surface area contributed by atoms with E-state index in [1.54, 1.807) is 12.3 Å². The highest BCUT2D eigenvalue weighted by Gasteiger charge is 2.31. The van der Waals surface area contributed by atoms with Crippen molar-refractivity contribution in [1.29, 1.82) is 0 Å².